The predicted molar refractivity (Wildman–Crippen MR) is 174 cm³/mol. The van der Waals surface area contributed by atoms with Crippen LogP contribution in [0.5, 0.6) is 17.2 Å². The van der Waals surface area contributed by atoms with E-state index in [4.69, 9.17) is 14.6 Å². The van der Waals surface area contributed by atoms with Crippen molar-refractivity contribution in [2.45, 2.75) is 84.8 Å². The summed E-state index contributed by atoms with van der Waals surface area (Å²) in [7, 11) is 0. The highest BCUT2D eigenvalue weighted by molar-refractivity contribution is 5.97. The molecule has 0 atom stereocenters. The maximum absolute atomic E-state index is 13.3. The SMILES string of the molecule is CC(C)N(C(=O)c1cc(CCCC(=O)O)c(OCCCCCOc2ccc(CN=NC(=O)c3cccnc3)cc2)cc1O)C(C)C. The Hall–Kier alpha value is -4.80. The molecule has 0 aliphatic rings. The van der Waals surface area contributed by atoms with Crippen molar-refractivity contribution in [3.8, 4) is 17.2 Å². The molecular formula is C35H44N4O7. The fraction of sp³-hybridized carbons (Fsp3) is 0.429. The lowest BCUT2D eigenvalue weighted by Crippen LogP contribution is -2.42. The Kier molecular flexibility index (Phi) is 14.1. The van der Waals surface area contributed by atoms with Crippen LogP contribution in [0.3, 0.4) is 0 Å². The lowest BCUT2D eigenvalue weighted by atomic mass is 10.0. The van der Waals surface area contributed by atoms with E-state index in [2.05, 4.69) is 15.2 Å². The molecule has 1 aromatic heterocycles. The van der Waals surface area contributed by atoms with Crippen LogP contribution in [0.2, 0.25) is 0 Å². The molecular weight excluding hydrogens is 588 g/mol. The van der Waals surface area contributed by atoms with Gasteiger partial charge in [-0.05, 0) is 101 Å². The zero-order valence-corrected chi connectivity index (χ0v) is 27.0. The number of ether oxygens (including phenoxy) is 2. The Morgan fingerprint density at radius 1 is 0.913 bits per heavy atom. The molecule has 246 valence electrons. The van der Waals surface area contributed by atoms with E-state index in [1.807, 2.05) is 52.0 Å². The van der Waals surface area contributed by atoms with E-state index in [0.717, 1.165) is 30.6 Å². The molecule has 11 nitrogen and oxygen atoms in total. The number of nitrogens with zero attached hydrogens (tertiary/aromatic N) is 4. The molecule has 0 saturated heterocycles. The zero-order chi connectivity index (χ0) is 33.5. The molecule has 1 heterocycles. The van der Waals surface area contributed by atoms with Gasteiger partial charge in [0.2, 0.25) is 0 Å². The van der Waals surface area contributed by atoms with Crippen molar-refractivity contribution in [1.29, 1.82) is 0 Å². The second kappa shape index (κ2) is 18.2. The Morgan fingerprint density at radius 3 is 2.24 bits per heavy atom. The highest BCUT2D eigenvalue weighted by Crippen LogP contribution is 2.32. The smallest absolute Gasteiger partial charge is 0.303 e. The van der Waals surface area contributed by atoms with E-state index in [0.29, 0.717) is 42.9 Å². The zero-order valence-electron chi connectivity index (χ0n) is 27.0. The number of phenols is 1. The van der Waals surface area contributed by atoms with Gasteiger partial charge < -0.3 is 24.6 Å². The van der Waals surface area contributed by atoms with E-state index in [1.54, 1.807) is 29.3 Å². The fourth-order valence-electron chi connectivity index (χ4n) is 4.92. The van der Waals surface area contributed by atoms with E-state index in [1.165, 1.54) is 12.3 Å². The maximum Gasteiger partial charge on any atom is 0.303 e. The van der Waals surface area contributed by atoms with Gasteiger partial charge in [-0.1, -0.05) is 12.1 Å². The van der Waals surface area contributed by atoms with Crippen LogP contribution < -0.4 is 9.47 Å². The normalized spacial score (nSPS) is 11.3. The Morgan fingerprint density at radius 2 is 1.61 bits per heavy atom. The van der Waals surface area contributed by atoms with Crippen LogP contribution >= 0.6 is 0 Å². The lowest BCUT2D eigenvalue weighted by molar-refractivity contribution is -0.137. The number of aliphatic carboxylic acids is 1. The molecule has 0 radical (unpaired) electrons. The summed E-state index contributed by atoms with van der Waals surface area (Å²) in [6, 6.07) is 13.8. The van der Waals surface area contributed by atoms with Crippen LogP contribution in [0.25, 0.3) is 0 Å². The summed E-state index contributed by atoms with van der Waals surface area (Å²) in [4.78, 5) is 42.0. The summed E-state index contributed by atoms with van der Waals surface area (Å²) in [5.74, 6) is -0.572. The Balaban J connectivity index is 1.46. The van der Waals surface area contributed by atoms with E-state index in [9.17, 15) is 19.5 Å². The first-order chi connectivity index (χ1) is 22.1. The summed E-state index contributed by atoms with van der Waals surface area (Å²) >= 11 is 0. The predicted octanol–water partition coefficient (Wildman–Crippen LogP) is 6.87. The van der Waals surface area contributed by atoms with Crippen LogP contribution in [0.1, 0.15) is 91.6 Å². The van der Waals surface area contributed by atoms with E-state index < -0.39 is 11.9 Å². The number of aromatic hydroxyl groups is 1. The average molecular weight is 633 g/mol. The van der Waals surface area contributed by atoms with Gasteiger partial charge in [-0.3, -0.25) is 19.4 Å². The molecule has 3 aromatic rings. The number of pyridine rings is 1. The van der Waals surface area contributed by atoms with E-state index in [-0.39, 0.29) is 42.3 Å². The molecule has 0 bridgehead atoms. The lowest BCUT2D eigenvalue weighted by Gasteiger charge is -2.31. The molecule has 0 unspecified atom stereocenters. The topological polar surface area (TPSA) is 151 Å². The van der Waals surface area contributed by atoms with E-state index >= 15 is 0 Å². The minimum atomic E-state index is -0.890. The number of hydrogen-bond acceptors (Lipinski definition) is 8. The van der Waals surface area contributed by atoms with Crippen LogP contribution in [0.4, 0.5) is 0 Å². The average Bonchev–Trinajstić information content (AvgIpc) is 3.02. The molecule has 0 spiro atoms. The van der Waals surface area contributed by atoms with Crippen LogP contribution in [-0.4, -0.2) is 63.2 Å². The first kappa shape index (κ1) is 35.7. The standard InChI is InChI=1S/C35H44N4O7/c1-24(2)39(25(3)4)35(44)30-20-27(10-8-12-33(41)42)32(21-31(30)40)46-19-7-5-6-18-45-29-15-13-26(14-16-29)22-37-38-34(43)28-11-9-17-36-23-28/h9,11,13-17,20-21,23-25,40H,5-8,10,12,18-19,22H2,1-4H3,(H,41,42). The number of carboxylic acid groups (broad SMARTS) is 1. The minimum Gasteiger partial charge on any atom is -0.507 e. The molecule has 0 aliphatic carbocycles. The number of phenolic OH excluding ortho intramolecular Hbond substituents is 1. The molecule has 0 saturated carbocycles. The molecule has 2 N–H and O–H groups in total. The minimum absolute atomic E-state index is 0.00452. The first-order valence-corrected chi connectivity index (χ1v) is 15.6. The number of hydrogen-bond donors (Lipinski definition) is 2. The number of aromatic nitrogens is 1. The number of carboxylic acids is 1. The summed E-state index contributed by atoms with van der Waals surface area (Å²) in [6.45, 7) is 8.90. The largest absolute Gasteiger partial charge is 0.507 e. The number of amides is 2. The van der Waals surface area contributed by atoms with Crippen LogP contribution in [-0.2, 0) is 17.8 Å². The van der Waals surface area contributed by atoms with Gasteiger partial charge >= 0.3 is 5.97 Å². The fourth-order valence-corrected chi connectivity index (χ4v) is 4.92. The third-order valence-corrected chi connectivity index (χ3v) is 7.15. The van der Waals surface area contributed by atoms with Gasteiger partial charge in [0.25, 0.3) is 11.8 Å². The molecule has 0 aliphatic heterocycles. The first-order valence-electron chi connectivity index (χ1n) is 15.6. The molecule has 2 aromatic carbocycles. The number of benzene rings is 2. The highest BCUT2D eigenvalue weighted by atomic mass is 16.5. The summed E-state index contributed by atoms with van der Waals surface area (Å²) in [5.41, 5.74) is 2.17. The Bertz CT molecular complexity index is 1450. The van der Waals surface area contributed by atoms with Crippen molar-refractivity contribution in [2.24, 2.45) is 10.2 Å². The van der Waals surface area contributed by atoms with Crippen molar-refractivity contribution in [3.63, 3.8) is 0 Å². The summed E-state index contributed by atoms with van der Waals surface area (Å²) in [6.07, 6.45) is 6.22. The van der Waals surface area contributed by atoms with Crippen molar-refractivity contribution in [3.05, 3.63) is 83.2 Å². The number of carbonyl (C=O) groups excluding carboxylic acids is 2. The van der Waals surface area contributed by atoms with Crippen LogP contribution in [0, 0.1) is 0 Å². The second-order valence-corrected chi connectivity index (χ2v) is 11.5. The van der Waals surface area contributed by atoms with Crippen molar-refractivity contribution < 1.29 is 34.1 Å². The maximum atomic E-state index is 13.3. The number of rotatable bonds is 18. The quantitative estimate of drug-likeness (QED) is 0.114. The molecule has 3 rings (SSSR count). The number of azo groups is 1. The van der Waals surface area contributed by atoms with Crippen molar-refractivity contribution >= 4 is 17.8 Å². The highest BCUT2D eigenvalue weighted by Gasteiger charge is 2.25. The summed E-state index contributed by atoms with van der Waals surface area (Å²) in [5, 5.41) is 27.6. The van der Waals surface area contributed by atoms with Gasteiger partial charge in [0.05, 0.1) is 30.9 Å². The summed E-state index contributed by atoms with van der Waals surface area (Å²) < 4.78 is 11.8. The Labute approximate surface area is 270 Å². The van der Waals surface area contributed by atoms with Gasteiger partial charge in [0, 0.05) is 37.0 Å². The van der Waals surface area contributed by atoms with Crippen molar-refractivity contribution in [2.75, 3.05) is 13.2 Å². The van der Waals surface area contributed by atoms with Gasteiger partial charge in [0.1, 0.15) is 17.2 Å². The third kappa shape index (κ3) is 11.3. The van der Waals surface area contributed by atoms with Gasteiger partial charge in [-0.15, -0.1) is 5.11 Å². The number of unbranched alkanes of at least 4 members (excludes halogenated alkanes) is 2. The second-order valence-electron chi connectivity index (χ2n) is 11.5. The third-order valence-electron chi connectivity index (χ3n) is 7.15. The monoisotopic (exact) mass is 632 g/mol. The molecule has 0 fully saturated rings. The molecule has 46 heavy (non-hydrogen) atoms. The number of carbonyl (C=O) groups is 3. The van der Waals surface area contributed by atoms with Gasteiger partial charge in [0.15, 0.2) is 0 Å². The molecule has 11 heteroatoms. The van der Waals surface area contributed by atoms with Gasteiger partial charge in [-0.2, -0.15) is 5.11 Å². The van der Waals surface area contributed by atoms with Crippen LogP contribution in [0.15, 0.2) is 71.2 Å². The molecule has 2 amide bonds. The van der Waals surface area contributed by atoms with Crippen molar-refractivity contribution in [1.82, 2.24) is 9.88 Å². The van der Waals surface area contributed by atoms with Gasteiger partial charge in [-0.25, -0.2) is 0 Å². The number of aryl methyl sites for hydroxylation is 1.